The number of ether oxygens (including phenoxy) is 2. The molecule has 2 atom stereocenters. The number of amides is 1. The fraction of sp³-hybridized carbons (Fsp3) is 0.316. The van der Waals surface area contributed by atoms with Gasteiger partial charge in [0.15, 0.2) is 0 Å². The highest BCUT2D eigenvalue weighted by Crippen LogP contribution is 2.29. The molecule has 1 saturated heterocycles. The van der Waals surface area contributed by atoms with Gasteiger partial charge in [-0.1, -0.05) is 42.5 Å². The van der Waals surface area contributed by atoms with Crippen LogP contribution >= 0.6 is 12.4 Å². The van der Waals surface area contributed by atoms with E-state index in [9.17, 15) is 4.79 Å². The zero-order valence-electron chi connectivity index (χ0n) is 14.1. The number of para-hydroxylation sites is 2. The van der Waals surface area contributed by atoms with Crippen LogP contribution in [0.3, 0.4) is 0 Å². The fourth-order valence-corrected chi connectivity index (χ4v) is 2.60. The van der Waals surface area contributed by atoms with Gasteiger partial charge in [0, 0.05) is 13.1 Å². The third-order valence-electron chi connectivity index (χ3n) is 3.94. The van der Waals surface area contributed by atoms with Crippen LogP contribution in [0.5, 0.6) is 5.75 Å². The van der Waals surface area contributed by atoms with Crippen molar-refractivity contribution in [1.29, 1.82) is 0 Å². The maximum atomic E-state index is 12.3. The molecule has 1 amide bonds. The Hall–Kier alpha value is -2.08. The van der Waals surface area contributed by atoms with Crippen molar-refractivity contribution in [3.05, 3.63) is 60.2 Å². The first-order valence-corrected chi connectivity index (χ1v) is 8.18. The minimum atomic E-state index is -0.474. The lowest BCUT2D eigenvalue weighted by Crippen LogP contribution is -2.45. The van der Waals surface area contributed by atoms with E-state index in [0.717, 1.165) is 12.1 Å². The summed E-state index contributed by atoms with van der Waals surface area (Å²) in [7, 11) is 0. The molecule has 134 valence electrons. The SMILES string of the molecule is CC(Oc1ccccc1NC(=O)C1CNCCO1)c1ccccc1.Cl. The summed E-state index contributed by atoms with van der Waals surface area (Å²) < 4.78 is 11.5. The van der Waals surface area contributed by atoms with Crippen molar-refractivity contribution in [3.8, 4) is 5.75 Å². The van der Waals surface area contributed by atoms with Crippen molar-refractivity contribution >= 4 is 24.0 Å². The fourth-order valence-electron chi connectivity index (χ4n) is 2.60. The van der Waals surface area contributed by atoms with Gasteiger partial charge in [0.25, 0.3) is 5.91 Å². The predicted molar refractivity (Wildman–Crippen MR) is 100 cm³/mol. The van der Waals surface area contributed by atoms with E-state index in [0.29, 0.717) is 24.6 Å². The predicted octanol–water partition coefficient (Wildman–Crippen LogP) is 3.18. The molecular formula is C19H23ClN2O3. The molecule has 5 nitrogen and oxygen atoms in total. The summed E-state index contributed by atoms with van der Waals surface area (Å²) >= 11 is 0. The normalized spacial score (nSPS) is 17.9. The Kier molecular flexibility index (Phi) is 7.25. The van der Waals surface area contributed by atoms with Crippen molar-refractivity contribution in [2.75, 3.05) is 25.0 Å². The lowest BCUT2D eigenvalue weighted by atomic mass is 10.1. The maximum absolute atomic E-state index is 12.3. The largest absolute Gasteiger partial charge is 0.484 e. The van der Waals surface area contributed by atoms with E-state index in [1.165, 1.54) is 0 Å². The highest BCUT2D eigenvalue weighted by Gasteiger charge is 2.22. The summed E-state index contributed by atoms with van der Waals surface area (Å²) in [6.07, 6.45) is -0.588. The first kappa shape index (κ1) is 19.2. The van der Waals surface area contributed by atoms with Gasteiger partial charge >= 0.3 is 0 Å². The molecule has 25 heavy (non-hydrogen) atoms. The van der Waals surface area contributed by atoms with E-state index < -0.39 is 6.10 Å². The minimum absolute atomic E-state index is 0. The van der Waals surface area contributed by atoms with Crippen molar-refractivity contribution in [1.82, 2.24) is 5.32 Å². The van der Waals surface area contributed by atoms with E-state index in [2.05, 4.69) is 10.6 Å². The van der Waals surface area contributed by atoms with Crippen molar-refractivity contribution in [2.24, 2.45) is 0 Å². The molecule has 0 aliphatic carbocycles. The topological polar surface area (TPSA) is 59.6 Å². The van der Waals surface area contributed by atoms with Crippen LogP contribution < -0.4 is 15.4 Å². The molecular weight excluding hydrogens is 340 g/mol. The number of carbonyl (C=O) groups is 1. The van der Waals surface area contributed by atoms with Gasteiger partial charge in [0.1, 0.15) is 18.0 Å². The number of halogens is 1. The molecule has 2 unspecified atom stereocenters. The van der Waals surface area contributed by atoms with Gasteiger partial charge in [-0.2, -0.15) is 0 Å². The number of benzene rings is 2. The molecule has 0 bridgehead atoms. The summed E-state index contributed by atoms with van der Waals surface area (Å²) in [5.74, 6) is 0.483. The minimum Gasteiger partial charge on any atom is -0.484 e. The molecule has 0 radical (unpaired) electrons. The van der Waals surface area contributed by atoms with Crippen molar-refractivity contribution in [2.45, 2.75) is 19.1 Å². The Morgan fingerprint density at radius 2 is 1.92 bits per heavy atom. The average molecular weight is 363 g/mol. The number of hydrogen-bond donors (Lipinski definition) is 2. The number of rotatable bonds is 5. The third-order valence-corrected chi connectivity index (χ3v) is 3.94. The molecule has 0 spiro atoms. The van der Waals surface area contributed by atoms with Crippen LogP contribution in [-0.2, 0) is 9.53 Å². The van der Waals surface area contributed by atoms with E-state index >= 15 is 0 Å². The Morgan fingerprint density at radius 3 is 2.64 bits per heavy atom. The Labute approximate surface area is 154 Å². The van der Waals surface area contributed by atoms with E-state index in [4.69, 9.17) is 9.47 Å². The van der Waals surface area contributed by atoms with Crippen LogP contribution in [0.2, 0.25) is 0 Å². The molecule has 2 aromatic rings. The monoisotopic (exact) mass is 362 g/mol. The van der Waals surface area contributed by atoms with Gasteiger partial charge in [0.2, 0.25) is 0 Å². The highest BCUT2D eigenvalue weighted by molar-refractivity contribution is 5.95. The molecule has 1 aliphatic rings. The second-order valence-corrected chi connectivity index (χ2v) is 5.72. The molecule has 6 heteroatoms. The van der Waals surface area contributed by atoms with Gasteiger partial charge in [-0.15, -0.1) is 12.4 Å². The van der Waals surface area contributed by atoms with Gasteiger partial charge in [0.05, 0.1) is 12.3 Å². The van der Waals surface area contributed by atoms with Gasteiger partial charge < -0.3 is 20.1 Å². The van der Waals surface area contributed by atoms with Crippen LogP contribution in [0.4, 0.5) is 5.69 Å². The zero-order valence-corrected chi connectivity index (χ0v) is 14.9. The van der Waals surface area contributed by atoms with Crippen LogP contribution in [0.15, 0.2) is 54.6 Å². The first-order valence-electron chi connectivity index (χ1n) is 8.18. The highest BCUT2D eigenvalue weighted by atomic mass is 35.5. The summed E-state index contributed by atoms with van der Waals surface area (Å²) in [6.45, 7) is 3.83. The second kappa shape index (κ2) is 9.42. The molecule has 3 rings (SSSR count). The lowest BCUT2D eigenvalue weighted by molar-refractivity contribution is -0.128. The second-order valence-electron chi connectivity index (χ2n) is 5.72. The molecule has 1 aliphatic heterocycles. The molecule has 2 N–H and O–H groups in total. The summed E-state index contributed by atoms with van der Waals surface area (Å²) in [5, 5.41) is 6.06. The number of nitrogens with one attached hydrogen (secondary N) is 2. The van der Waals surface area contributed by atoms with E-state index in [1.54, 1.807) is 0 Å². The quantitative estimate of drug-likeness (QED) is 0.857. The average Bonchev–Trinajstić information content (AvgIpc) is 2.64. The van der Waals surface area contributed by atoms with Gasteiger partial charge in [-0.05, 0) is 24.6 Å². The third kappa shape index (κ3) is 5.19. The van der Waals surface area contributed by atoms with Crippen molar-refractivity contribution in [3.63, 3.8) is 0 Å². The van der Waals surface area contributed by atoms with Crippen LogP contribution in [-0.4, -0.2) is 31.7 Å². The summed E-state index contributed by atoms with van der Waals surface area (Å²) in [4.78, 5) is 12.3. The zero-order chi connectivity index (χ0) is 16.8. The van der Waals surface area contributed by atoms with Gasteiger partial charge in [-0.3, -0.25) is 4.79 Å². The van der Waals surface area contributed by atoms with Crippen LogP contribution in [0.1, 0.15) is 18.6 Å². The number of carbonyl (C=O) groups excluding carboxylic acids is 1. The molecule has 1 heterocycles. The number of anilines is 1. The molecule has 1 fully saturated rings. The standard InChI is InChI=1S/C19H22N2O3.ClH/c1-14(15-7-3-2-4-8-15)24-17-10-6-5-9-16(17)21-19(22)18-13-20-11-12-23-18;/h2-10,14,18,20H,11-13H2,1H3,(H,21,22);1H. The summed E-state index contributed by atoms with van der Waals surface area (Å²) in [6, 6.07) is 17.4. The Balaban J connectivity index is 0.00000225. The first-order chi connectivity index (χ1) is 11.7. The van der Waals surface area contributed by atoms with E-state index in [-0.39, 0.29) is 24.4 Å². The maximum Gasteiger partial charge on any atom is 0.254 e. The molecule has 0 saturated carbocycles. The lowest BCUT2D eigenvalue weighted by Gasteiger charge is -2.23. The van der Waals surface area contributed by atoms with Crippen LogP contribution in [0.25, 0.3) is 0 Å². The van der Waals surface area contributed by atoms with Gasteiger partial charge in [-0.25, -0.2) is 0 Å². The Morgan fingerprint density at radius 1 is 1.20 bits per heavy atom. The molecule has 2 aromatic carbocycles. The van der Waals surface area contributed by atoms with Crippen LogP contribution in [0, 0.1) is 0 Å². The number of hydrogen-bond acceptors (Lipinski definition) is 4. The number of morpholine rings is 1. The van der Waals surface area contributed by atoms with Crippen molar-refractivity contribution < 1.29 is 14.3 Å². The summed E-state index contributed by atoms with van der Waals surface area (Å²) in [5.41, 5.74) is 1.73. The van der Waals surface area contributed by atoms with E-state index in [1.807, 2.05) is 61.5 Å². The Bertz CT molecular complexity index is 675. The smallest absolute Gasteiger partial charge is 0.254 e. The molecule has 0 aromatic heterocycles.